The molecule has 2 N–H and O–H groups in total. The molecule has 1 unspecified atom stereocenters. The minimum absolute atomic E-state index is 0.320. The first-order valence-corrected chi connectivity index (χ1v) is 7.40. The number of aryl methyl sites for hydroxylation is 2. The topological polar surface area (TPSA) is 35.2 Å². The van der Waals surface area contributed by atoms with E-state index in [4.69, 9.17) is 10.5 Å². The standard InChI is InChI=1S/C18H20FNO/c1-21-15-8-9-16(17(19)11-15)18(20)14-7-6-12-4-2-3-5-13(12)10-14/h6-11,18H,2-5,20H2,1H3. The number of nitrogens with two attached hydrogens (primary N) is 1. The van der Waals surface area contributed by atoms with Crippen LogP contribution in [0.1, 0.15) is 41.1 Å². The molecular weight excluding hydrogens is 265 g/mol. The van der Waals surface area contributed by atoms with E-state index in [-0.39, 0.29) is 5.82 Å². The third-order valence-corrected chi connectivity index (χ3v) is 4.27. The molecule has 2 aromatic rings. The number of ether oxygens (including phenoxy) is 1. The van der Waals surface area contributed by atoms with Crippen molar-refractivity contribution in [2.75, 3.05) is 7.11 Å². The molecule has 1 aliphatic rings. The van der Waals surface area contributed by atoms with Crippen LogP contribution in [0.25, 0.3) is 0 Å². The predicted octanol–water partition coefficient (Wildman–Crippen LogP) is 3.76. The van der Waals surface area contributed by atoms with Crippen molar-refractivity contribution >= 4 is 0 Å². The molecule has 21 heavy (non-hydrogen) atoms. The molecule has 0 heterocycles. The maximum atomic E-state index is 14.2. The van der Waals surface area contributed by atoms with Gasteiger partial charge in [-0.3, -0.25) is 0 Å². The van der Waals surface area contributed by atoms with Gasteiger partial charge in [0.25, 0.3) is 0 Å². The van der Waals surface area contributed by atoms with Crippen LogP contribution >= 0.6 is 0 Å². The number of halogens is 1. The molecule has 0 fully saturated rings. The SMILES string of the molecule is COc1ccc(C(N)c2ccc3c(c2)CCCC3)c(F)c1. The normalized spacial score (nSPS) is 15.4. The largest absolute Gasteiger partial charge is 0.497 e. The number of methoxy groups -OCH3 is 1. The Kier molecular flexibility index (Phi) is 3.93. The van der Waals surface area contributed by atoms with E-state index in [9.17, 15) is 4.39 Å². The molecule has 0 saturated heterocycles. The highest BCUT2D eigenvalue weighted by Gasteiger charge is 2.17. The zero-order chi connectivity index (χ0) is 14.8. The van der Waals surface area contributed by atoms with Gasteiger partial charge in [0.1, 0.15) is 11.6 Å². The van der Waals surface area contributed by atoms with Gasteiger partial charge < -0.3 is 10.5 Å². The number of fused-ring (bicyclic) bond motifs is 1. The lowest BCUT2D eigenvalue weighted by molar-refractivity contribution is 0.410. The number of hydrogen-bond acceptors (Lipinski definition) is 2. The molecule has 0 bridgehead atoms. The monoisotopic (exact) mass is 285 g/mol. The minimum Gasteiger partial charge on any atom is -0.497 e. The average molecular weight is 285 g/mol. The number of benzene rings is 2. The van der Waals surface area contributed by atoms with Gasteiger partial charge in [0, 0.05) is 11.6 Å². The smallest absolute Gasteiger partial charge is 0.132 e. The van der Waals surface area contributed by atoms with E-state index in [1.807, 2.05) is 6.07 Å². The Morgan fingerprint density at radius 1 is 1.05 bits per heavy atom. The third kappa shape index (κ3) is 2.79. The lowest BCUT2D eigenvalue weighted by atomic mass is 9.88. The predicted molar refractivity (Wildman–Crippen MR) is 82.1 cm³/mol. The van der Waals surface area contributed by atoms with Gasteiger partial charge in [0.15, 0.2) is 0 Å². The number of hydrogen-bond donors (Lipinski definition) is 1. The molecule has 3 rings (SSSR count). The van der Waals surface area contributed by atoms with Crippen molar-refractivity contribution in [1.29, 1.82) is 0 Å². The van der Waals surface area contributed by atoms with E-state index in [1.54, 1.807) is 12.1 Å². The van der Waals surface area contributed by atoms with Crippen molar-refractivity contribution in [2.24, 2.45) is 5.73 Å². The van der Waals surface area contributed by atoms with Crippen LogP contribution in [0.5, 0.6) is 5.75 Å². The van der Waals surface area contributed by atoms with Gasteiger partial charge in [-0.25, -0.2) is 4.39 Å². The summed E-state index contributed by atoms with van der Waals surface area (Å²) >= 11 is 0. The number of rotatable bonds is 3. The van der Waals surface area contributed by atoms with Crippen LogP contribution in [0, 0.1) is 5.82 Å². The van der Waals surface area contributed by atoms with Crippen LogP contribution in [0.15, 0.2) is 36.4 Å². The van der Waals surface area contributed by atoms with Crippen molar-refractivity contribution in [1.82, 2.24) is 0 Å². The Hall–Kier alpha value is -1.87. The lowest BCUT2D eigenvalue weighted by Gasteiger charge is -2.20. The summed E-state index contributed by atoms with van der Waals surface area (Å²) in [5.74, 6) is 0.188. The van der Waals surface area contributed by atoms with Gasteiger partial charge in [-0.15, -0.1) is 0 Å². The maximum absolute atomic E-state index is 14.2. The van der Waals surface area contributed by atoms with Crippen LogP contribution in [0.4, 0.5) is 4.39 Å². The van der Waals surface area contributed by atoms with E-state index < -0.39 is 6.04 Å². The first kappa shape index (κ1) is 14.1. The Morgan fingerprint density at radius 2 is 1.81 bits per heavy atom. The molecule has 3 heteroatoms. The van der Waals surface area contributed by atoms with Crippen LogP contribution in [0.3, 0.4) is 0 Å². The zero-order valence-electron chi connectivity index (χ0n) is 12.2. The highest BCUT2D eigenvalue weighted by atomic mass is 19.1. The quantitative estimate of drug-likeness (QED) is 0.932. The molecule has 0 saturated carbocycles. The second-order valence-electron chi connectivity index (χ2n) is 5.60. The summed E-state index contributed by atoms with van der Waals surface area (Å²) in [6.07, 6.45) is 4.72. The fourth-order valence-electron chi connectivity index (χ4n) is 3.01. The van der Waals surface area contributed by atoms with Crippen molar-refractivity contribution in [3.05, 3.63) is 64.5 Å². The van der Waals surface area contributed by atoms with Gasteiger partial charge in [-0.1, -0.05) is 24.3 Å². The van der Waals surface area contributed by atoms with Crippen LogP contribution < -0.4 is 10.5 Å². The van der Waals surface area contributed by atoms with E-state index in [0.717, 1.165) is 18.4 Å². The molecule has 0 spiro atoms. The summed E-state index contributed by atoms with van der Waals surface area (Å²) in [4.78, 5) is 0. The van der Waals surface area contributed by atoms with Crippen LogP contribution in [-0.2, 0) is 12.8 Å². The van der Waals surface area contributed by atoms with Crippen LogP contribution in [0.2, 0.25) is 0 Å². The Balaban J connectivity index is 1.93. The van der Waals surface area contributed by atoms with E-state index in [2.05, 4.69) is 12.1 Å². The fourth-order valence-corrected chi connectivity index (χ4v) is 3.01. The summed E-state index contributed by atoms with van der Waals surface area (Å²) in [7, 11) is 1.53. The first-order chi connectivity index (χ1) is 10.2. The van der Waals surface area contributed by atoms with Crippen molar-refractivity contribution < 1.29 is 9.13 Å². The van der Waals surface area contributed by atoms with Gasteiger partial charge in [0.2, 0.25) is 0 Å². The Bertz CT molecular complexity index is 654. The van der Waals surface area contributed by atoms with Crippen molar-refractivity contribution in [2.45, 2.75) is 31.7 Å². The summed E-state index contributed by atoms with van der Waals surface area (Å²) < 4.78 is 19.2. The van der Waals surface area contributed by atoms with Gasteiger partial charge in [-0.2, -0.15) is 0 Å². The van der Waals surface area contributed by atoms with Crippen molar-refractivity contribution in [3.8, 4) is 5.75 Å². The summed E-state index contributed by atoms with van der Waals surface area (Å²) in [5, 5.41) is 0. The third-order valence-electron chi connectivity index (χ3n) is 4.27. The van der Waals surface area contributed by atoms with Gasteiger partial charge in [0.05, 0.1) is 13.2 Å². The molecule has 0 aromatic heterocycles. The molecule has 2 aromatic carbocycles. The zero-order valence-corrected chi connectivity index (χ0v) is 12.2. The molecule has 1 aliphatic carbocycles. The molecule has 1 atom stereocenters. The summed E-state index contributed by atoms with van der Waals surface area (Å²) in [6.45, 7) is 0. The van der Waals surface area contributed by atoms with Crippen LogP contribution in [-0.4, -0.2) is 7.11 Å². The fraction of sp³-hybridized carbons (Fsp3) is 0.333. The summed E-state index contributed by atoms with van der Waals surface area (Å²) in [6, 6.07) is 10.7. The summed E-state index contributed by atoms with van der Waals surface area (Å²) in [5.41, 5.74) is 10.5. The lowest BCUT2D eigenvalue weighted by Crippen LogP contribution is -2.15. The van der Waals surface area contributed by atoms with Crippen molar-refractivity contribution in [3.63, 3.8) is 0 Å². The average Bonchev–Trinajstić information content (AvgIpc) is 2.53. The second-order valence-corrected chi connectivity index (χ2v) is 5.60. The first-order valence-electron chi connectivity index (χ1n) is 7.40. The second kappa shape index (κ2) is 5.86. The maximum Gasteiger partial charge on any atom is 0.132 e. The van der Waals surface area contributed by atoms with E-state index in [1.165, 1.54) is 37.1 Å². The Labute approximate surface area is 124 Å². The molecule has 110 valence electrons. The van der Waals surface area contributed by atoms with E-state index in [0.29, 0.717) is 11.3 Å². The Morgan fingerprint density at radius 3 is 2.52 bits per heavy atom. The molecule has 0 aliphatic heterocycles. The molecule has 0 radical (unpaired) electrons. The molecule has 2 nitrogen and oxygen atoms in total. The minimum atomic E-state index is -0.442. The van der Waals surface area contributed by atoms with E-state index >= 15 is 0 Å². The highest BCUT2D eigenvalue weighted by molar-refractivity contribution is 5.40. The molecular formula is C18H20FNO. The van der Waals surface area contributed by atoms with Gasteiger partial charge in [-0.05, 0) is 48.4 Å². The highest BCUT2D eigenvalue weighted by Crippen LogP contribution is 2.29. The molecule has 0 amide bonds. The van der Waals surface area contributed by atoms with Gasteiger partial charge >= 0.3 is 0 Å².